The van der Waals surface area contributed by atoms with E-state index in [1.807, 2.05) is 34.6 Å². The normalized spacial score (nSPS) is 14.5. The topological polar surface area (TPSA) is 52.3 Å². The fourth-order valence-electron chi connectivity index (χ4n) is 1.05. The first kappa shape index (κ1) is 13.6. The number of carbonyl (C=O) groups excluding carboxylic acids is 1. The predicted octanol–water partition coefficient (Wildman–Crippen LogP) is 1.74. The first-order chi connectivity index (χ1) is 6.31. The molecule has 0 amide bonds. The standard InChI is InChI=1S/C11H23NO2/c1-6-11(4,5)10(13)9(12)7-14-8(2)3/h8-9H,6-7,12H2,1-5H3. The molecule has 14 heavy (non-hydrogen) atoms. The maximum Gasteiger partial charge on any atom is 0.157 e. The quantitative estimate of drug-likeness (QED) is 0.712. The Labute approximate surface area is 87.0 Å². The summed E-state index contributed by atoms with van der Waals surface area (Å²) in [5, 5.41) is 0. The average molecular weight is 201 g/mol. The van der Waals surface area contributed by atoms with Gasteiger partial charge in [0.15, 0.2) is 5.78 Å². The summed E-state index contributed by atoms with van der Waals surface area (Å²) in [6.45, 7) is 10.0. The van der Waals surface area contributed by atoms with Crippen LogP contribution in [0.3, 0.4) is 0 Å². The second kappa shape index (κ2) is 5.47. The molecule has 3 nitrogen and oxygen atoms in total. The van der Waals surface area contributed by atoms with Gasteiger partial charge in [-0.15, -0.1) is 0 Å². The van der Waals surface area contributed by atoms with Crippen LogP contribution in [0.5, 0.6) is 0 Å². The van der Waals surface area contributed by atoms with Crippen LogP contribution in [0.4, 0.5) is 0 Å². The van der Waals surface area contributed by atoms with Gasteiger partial charge in [-0.2, -0.15) is 0 Å². The van der Waals surface area contributed by atoms with Gasteiger partial charge in [-0.3, -0.25) is 4.79 Å². The van der Waals surface area contributed by atoms with E-state index >= 15 is 0 Å². The molecule has 0 heterocycles. The Morgan fingerprint density at radius 2 is 1.93 bits per heavy atom. The van der Waals surface area contributed by atoms with E-state index in [1.54, 1.807) is 0 Å². The van der Waals surface area contributed by atoms with Gasteiger partial charge >= 0.3 is 0 Å². The molecule has 0 aromatic rings. The number of nitrogens with two attached hydrogens (primary N) is 1. The van der Waals surface area contributed by atoms with Gasteiger partial charge in [0.2, 0.25) is 0 Å². The minimum Gasteiger partial charge on any atom is -0.377 e. The van der Waals surface area contributed by atoms with E-state index in [2.05, 4.69) is 0 Å². The van der Waals surface area contributed by atoms with Crippen LogP contribution < -0.4 is 5.73 Å². The summed E-state index contributed by atoms with van der Waals surface area (Å²) in [6.07, 6.45) is 0.930. The van der Waals surface area contributed by atoms with Crippen LogP contribution in [0, 0.1) is 5.41 Å². The molecule has 0 aromatic heterocycles. The summed E-state index contributed by atoms with van der Waals surface area (Å²) < 4.78 is 5.32. The average Bonchev–Trinajstić information content (AvgIpc) is 2.12. The molecule has 0 rings (SSSR count). The van der Waals surface area contributed by atoms with E-state index < -0.39 is 6.04 Å². The van der Waals surface area contributed by atoms with Crippen molar-refractivity contribution in [1.29, 1.82) is 0 Å². The molecular formula is C11H23NO2. The zero-order chi connectivity index (χ0) is 11.4. The molecule has 3 heteroatoms. The number of rotatable bonds is 6. The third-order valence-electron chi connectivity index (χ3n) is 2.50. The van der Waals surface area contributed by atoms with Crippen LogP contribution in [-0.2, 0) is 9.53 Å². The number of carbonyl (C=O) groups is 1. The first-order valence-electron chi connectivity index (χ1n) is 5.22. The van der Waals surface area contributed by atoms with Crippen molar-refractivity contribution in [2.24, 2.45) is 11.1 Å². The molecule has 0 aliphatic heterocycles. The summed E-state index contributed by atoms with van der Waals surface area (Å²) in [6, 6.07) is -0.493. The lowest BCUT2D eigenvalue weighted by atomic mass is 9.82. The third-order valence-corrected chi connectivity index (χ3v) is 2.50. The summed E-state index contributed by atoms with van der Waals surface area (Å²) in [5.74, 6) is 0.0839. The van der Waals surface area contributed by atoms with E-state index in [4.69, 9.17) is 10.5 Å². The Hall–Kier alpha value is -0.410. The second-order valence-electron chi connectivity index (χ2n) is 4.59. The van der Waals surface area contributed by atoms with Crippen molar-refractivity contribution in [3.05, 3.63) is 0 Å². The summed E-state index contributed by atoms with van der Waals surface area (Å²) in [5.41, 5.74) is 5.42. The highest BCUT2D eigenvalue weighted by Gasteiger charge is 2.30. The Kier molecular flexibility index (Phi) is 5.31. The van der Waals surface area contributed by atoms with Gasteiger partial charge in [0.25, 0.3) is 0 Å². The van der Waals surface area contributed by atoms with Crippen molar-refractivity contribution < 1.29 is 9.53 Å². The Bertz CT molecular complexity index is 188. The minimum atomic E-state index is -0.493. The molecule has 2 N–H and O–H groups in total. The van der Waals surface area contributed by atoms with E-state index in [9.17, 15) is 4.79 Å². The lowest BCUT2D eigenvalue weighted by Gasteiger charge is -2.25. The summed E-state index contributed by atoms with van der Waals surface area (Å²) in [4.78, 5) is 11.8. The van der Waals surface area contributed by atoms with Gasteiger partial charge < -0.3 is 10.5 Å². The summed E-state index contributed by atoms with van der Waals surface area (Å²) in [7, 11) is 0. The molecule has 0 saturated carbocycles. The van der Waals surface area contributed by atoms with Crippen molar-refractivity contribution in [2.45, 2.75) is 53.2 Å². The highest BCUT2D eigenvalue weighted by Crippen LogP contribution is 2.22. The van der Waals surface area contributed by atoms with Crippen LogP contribution >= 0.6 is 0 Å². The fourth-order valence-corrected chi connectivity index (χ4v) is 1.05. The fraction of sp³-hybridized carbons (Fsp3) is 0.909. The molecule has 0 radical (unpaired) electrons. The first-order valence-corrected chi connectivity index (χ1v) is 5.22. The number of ketones is 1. The molecule has 0 aliphatic carbocycles. The molecule has 0 saturated heterocycles. The molecule has 0 bridgehead atoms. The summed E-state index contributed by atoms with van der Waals surface area (Å²) >= 11 is 0. The molecule has 0 spiro atoms. The lowest BCUT2D eigenvalue weighted by Crippen LogP contribution is -2.43. The zero-order valence-corrected chi connectivity index (χ0v) is 9.96. The number of hydrogen-bond donors (Lipinski definition) is 1. The number of ether oxygens (including phenoxy) is 1. The van der Waals surface area contributed by atoms with Crippen molar-refractivity contribution in [3.8, 4) is 0 Å². The smallest absolute Gasteiger partial charge is 0.157 e. The minimum absolute atomic E-state index is 0.0839. The molecule has 1 unspecified atom stereocenters. The maximum absolute atomic E-state index is 11.8. The monoisotopic (exact) mass is 201 g/mol. The van der Waals surface area contributed by atoms with Gasteiger partial charge in [0, 0.05) is 5.41 Å². The second-order valence-corrected chi connectivity index (χ2v) is 4.59. The maximum atomic E-state index is 11.8. The van der Waals surface area contributed by atoms with E-state index in [1.165, 1.54) is 0 Å². The SMILES string of the molecule is CCC(C)(C)C(=O)C(N)COC(C)C. The Morgan fingerprint density at radius 1 is 1.43 bits per heavy atom. The van der Waals surface area contributed by atoms with Gasteiger partial charge in [-0.1, -0.05) is 20.8 Å². The molecule has 0 fully saturated rings. The van der Waals surface area contributed by atoms with Crippen molar-refractivity contribution in [2.75, 3.05) is 6.61 Å². The van der Waals surface area contributed by atoms with Crippen molar-refractivity contribution >= 4 is 5.78 Å². The highest BCUT2D eigenvalue weighted by atomic mass is 16.5. The number of Topliss-reactive ketones (excluding diaryl/α,β-unsaturated/α-hetero) is 1. The van der Waals surface area contributed by atoms with Crippen LogP contribution in [0.2, 0.25) is 0 Å². The third kappa shape index (κ3) is 4.20. The van der Waals surface area contributed by atoms with Gasteiger partial charge in [-0.05, 0) is 20.3 Å². The van der Waals surface area contributed by atoms with Crippen LogP contribution in [-0.4, -0.2) is 24.5 Å². The molecule has 1 atom stereocenters. The zero-order valence-electron chi connectivity index (χ0n) is 9.96. The van der Waals surface area contributed by atoms with Gasteiger partial charge in [0.1, 0.15) is 0 Å². The molecule has 84 valence electrons. The van der Waals surface area contributed by atoms with Crippen LogP contribution in [0.1, 0.15) is 41.0 Å². The van der Waals surface area contributed by atoms with E-state index in [0.29, 0.717) is 6.61 Å². The molecular weight excluding hydrogens is 178 g/mol. The van der Waals surface area contributed by atoms with E-state index in [-0.39, 0.29) is 17.3 Å². The van der Waals surface area contributed by atoms with E-state index in [0.717, 1.165) is 6.42 Å². The number of hydrogen-bond acceptors (Lipinski definition) is 3. The van der Waals surface area contributed by atoms with Crippen molar-refractivity contribution in [1.82, 2.24) is 0 Å². The Morgan fingerprint density at radius 3 is 2.29 bits per heavy atom. The Balaban J connectivity index is 4.12. The van der Waals surface area contributed by atoms with Crippen LogP contribution in [0.15, 0.2) is 0 Å². The van der Waals surface area contributed by atoms with Crippen molar-refractivity contribution in [3.63, 3.8) is 0 Å². The highest BCUT2D eigenvalue weighted by molar-refractivity contribution is 5.88. The molecule has 0 aliphatic rings. The van der Waals surface area contributed by atoms with Crippen LogP contribution in [0.25, 0.3) is 0 Å². The lowest BCUT2D eigenvalue weighted by molar-refractivity contribution is -0.130. The largest absolute Gasteiger partial charge is 0.377 e. The predicted molar refractivity (Wildman–Crippen MR) is 58.1 cm³/mol. The van der Waals surface area contributed by atoms with Gasteiger partial charge in [0.05, 0.1) is 18.8 Å². The molecule has 0 aromatic carbocycles. The van der Waals surface area contributed by atoms with Gasteiger partial charge in [-0.25, -0.2) is 0 Å².